The minimum Gasteiger partial charge on any atom is -0.492 e. The highest BCUT2D eigenvalue weighted by Gasteiger charge is 2.19. The number of hydrogen-bond donors (Lipinski definition) is 3. The number of rotatable bonds is 8. The standard InChI is InChI=1S/C21H20ClN3O6S2/c1-2-31-20-11-10-18(13-19(20)24-21(26)14-4-3-5-15(22)12-14)33(29,30)25-16-6-8-17(9-7-16)32(23,27)28/h3-13,25H,2H2,1H3,(H,24,26)(H2,23,27,28). The summed E-state index contributed by atoms with van der Waals surface area (Å²) in [5, 5.41) is 8.07. The quantitative estimate of drug-likeness (QED) is 0.424. The second-order valence-electron chi connectivity index (χ2n) is 6.73. The molecular formula is C21H20ClN3O6S2. The van der Waals surface area contributed by atoms with E-state index in [1.165, 1.54) is 48.5 Å². The van der Waals surface area contributed by atoms with Crippen molar-refractivity contribution in [3.63, 3.8) is 0 Å². The Morgan fingerprint density at radius 1 is 0.970 bits per heavy atom. The van der Waals surface area contributed by atoms with Crippen molar-refractivity contribution in [2.24, 2.45) is 5.14 Å². The number of nitrogens with one attached hydrogen (secondary N) is 2. The normalized spacial score (nSPS) is 11.6. The summed E-state index contributed by atoms with van der Waals surface area (Å²) in [5.41, 5.74) is 0.557. The summed E-state index contributed by atoms with van der Waals surface area (Å²) in [6, 6.07) is 15.2. The van der Waals surface area contributed by atoms with Crippen LogP contribution in [0.4, 0.5) is 11.4 Å². The summed E-state index contributed by atoms with van der Waals surface area (Å²) in [7, 11) is -7.99. The Labute approximate surface area is 196 Å². The van der Waals surface area contributed by atoms with E-state index in [4.69, 9.17) is 21.5 Å². The summed E-state index contributed by atoms with van der Waals surface area (Å²) in [4.78, 5) is 12.3. The molecule has 9 nitrogen and oxygen atoms in total. The van der Waals surface area contributed by atoms with Crippen molar-refractivity contribution >= 4 is 48.9 Å². The van der Waals surface area contributed by atoms with Gasteiger partial charge in [-0.1, -0.05) is 17.7 Å². The van der Waals surface area contributed by atoms with E-state index >= 15 is 0 Å². The van der Waals surface area contributed by atoms with Gasteiger partial charge in [-0.15, -0.1) is 0 Å². The third-order valence-corrected chi connectivity index (χ3v) is 6.87. The highest BCUT2D eigenvalue weighted by atomic mass is 35.5. The SMILES string of the molecule is CCOc1ccc(S(=O)(=O)Nc2ccc(S(N)(=O)=O)cc2)cc1NC(=O)c1cccc(Cl)c1. The molecule has 3 aromatic carbocycles. The fraction of sp³-hybridized carbons (Fsp3) is 0.0952. The molecule has 0 atom stereocenters. The molecule has 3 rings (SSSR count). The summed E-state index contributed by atoms with van der Waals surface area (Å²) in [6.07, 6.45) is 0. The molecule has 0 aliphatic heterocycles. The molecule has 0 spiro atoms. The zero-order chi connectivity index (χ0) is 24.2. The summed E-state index contributed by atoms with van der Waals surface area (Å²) < 4.78 is 56.4. The lowest BCUT2D eigenvalue weighted by Crippen LogP contribution is -2.16. The Balaban J connectivity index is 1.90. The van der Waals surface area contributed by atoms with Crippen LogP contribution in [0.15, 0.2) is 76.5 Å². The number of hydrogen-bond acceptors (Lipinski definition) is 6. The minimum absolute atomic E-state index is 0.126. The molecular weight excluding hydrogens is 490 g/mol. The number of ether oxygens (including phenoxy) is 1. The van der Waals surface area contributed by atoms with Crippen LogP contribution in [0.25, 0.3) is 0 Å². The second-order valence-corrected chi connectivity index (χ2v) is 10.4. The van der Waals surface area contributed by atoms with E-state index in [1.54, 1.807) is 25.1 Å². The van der Waals surface area contributed by atoms with Crippen LogP contribution >= 0.6 is 11.6 Å². The number of carbonyl (C=O) groups excluding carboxylic acids is 1. The molecule has 174 valence electrons. The maximum absolute atomic E-state index is 12.9. The lowest BCUT2D eigenvalue weighted by Gasteiger charge is -2.14. The average Bonchev–Trinajstić information content (AvgIpc) is 2.74. The van der Waals surface area contributed by atoms with Crippen molar-refractivity contribution in [2.45, 2.75) is 16.7 Å². The van der Waals surface area contributed by atoms with Crippen molar-refractivity contribution < 1.29 is 26.4 Å². The molecule has 0 heterocycles. The highest BCUT2D eigenvalue weighted by Crippen LogP contribution is 2.29. The smallest absolute Gasteiger partial charge is 0.261 e. The van der Waals surface area contributed by atoms with Gasteiger partial charge in [-0.25, -0.2) is 22.0 Å². The molecule has 0 radical (unpaired) electrons. The first-order chi connectivity index (χ1) is 15.5. The maximum Gasteiger partial charge on any atom is 0.261 e. The van der Waals surface area contributed by atoms with Crippen LogP contribution in [0.5, 0.6) is 5.75 Å². The predicted molar refractivity (Wildman–Crippen MR) is 126 cm³/mol. The van der Waals surface area contributed by atoms with Gasteiger partial charge in [0.05, 0.1) is 22.1 Å². The lowest BCUT2D eigenvalue weighted by atomic mass is 10.2. The summed E-state index contributed by atoms with van der Waals surface area (Å²) in [5.74, 6) is -0.219. The second kappa shape index (κ2) is 9.79. The third-order valence-electron chi connectivity index (χ3n) is 4.33. The number of amides is 1. The molecule has 0 bridgehead atoms. The fourth-order valence-electron chi connectivity index (χ4n) is 2.81. The van der Waals surface area contributed by atoms with Crippen molar-refractivity contribution in [1.29, 1.82) is 0 Å². The first-order valence-corrected chi connectivity index (χ1v) is 12.9. The van der Waals surface area contributed by atoms with Crippen molar-refractivity contribution in [3.8, 4) is 5.75 Å². The summed E-state index contributed by atoms with van der Waals surface area (Å²) in [6.45, 7) is 2.04. The molecule has 1 amide bonds. The van der Waals surface area contributed by atoms with E-state index in [9.17, 15) is 21.6 Å². The van der Waals surface area contributed by atoms with Gasteiger partial charge < -0.3 is 10.1 Å². The molecule has 4 N–H and O–H groups in total. The number of sulfonamides is 2. The van der Waals surface area contributed by atoms with E-state index in [-0.39, 0.29) is 32.5 Å². The van der Waals surface area contributed by atoms with E-state index in [0.29, 0.717) is 11.6 Å². The highest BCUT2D eigenvalue weighted by molar-refractivity contribution is 7.92. The van der Waals surface area contributed by atoms with E-state index in [1.807, 2.05) is 0 Å². The molecule has 0 aliphatic rings. The number of carbonyl (C=O) groups is 1. The minimum atomic E-state index is -4.08. The van der Waals surface area contributed by atoms with Gasteiger partial charge in [-0.3, -0.25) is 9.52 Å². The largest absolute Gasteiger partial charge is 0.492 e. The molecule has 0 aromatic heterocycles. The first kappa shape index (κ1) is 24.5. The number of nitrogens with two attached hydrogens (primary N) is 1. The van der Waals surface area contributed by atoms with Crippen LogP contribution in [-0.4, -0.2) is 29.3 Å². The number of halogens is 1. The summed E-state index contributed by atoms with van der Waals surface area (Å²) >= 11 is 5.94. The third kappa shape index (κ3) is 6.23. The van der Waals surface area contributed by atoms with E-state index in [0.717, 1.165) is 0 Å². The zero-order valence-corrected chi connectivity index (χ0v) is 19.7. The maximum atomic E-state index is 12.9. The van der Waals surface area contributed by atoms with Gasteiger partial charge in [-0.2, -0.15) is 0 Å². The number of primary sulfonamides is 1. The topological polar surface area (TPSA) is 145 Å². The number of benzene rings is 3. The lowest BCUT2D eigenvalue weighted by molar-refractivity contribution is 0.102. The van der Waals surface area contributed by atoms with Crippen LogP contribution in [0, 0.1) is 0 Å². The first-order valence-electron chi connectivity index (χ1n) is 9.49. The Hall–Kier alpha value is -3.12. The van der Waals surface area contributed by atoms with Crippen LogP contribution in [0.2, 0.25) is 5.02 Å². The van der Waals surface area contributed by atoms with Gasteiger partial charge in [0.15, 0.2) is 0 Å². The Morgan fingerprint density at radius 3 is 2.24 bits per heavy atom. The predicted octanol–water partition coefficient (Wildman–Crippen LogP) is 3.44. The van der Waals surface area contributed by atoms with Crippen LogP contribution in [0.3, 0.4) is 0 Å². The van der Waals surface area contributed by atoms with Gasteiger partial charge in [0, 0.05) is 16.3 Å². The Morgan fingerprint density at radius 2 is 1.64 bits per heavy atom. The molecule has 3 aromatic rings. The molecule has 0 unspecified atom stereocenters. The van der Waals surface area contributed by atoms with Crippen molar-refractivity contribution in [1.82, 2.24) is 0 Å². The van der Waals surface area contributed by atoms with Crippen molar-refractivity contribution in [2.75, 3.05) is 16.6 Å². The Bertz CT molecular complexity index is 1390. The van der Waals surface area contributed by atoms with Crippen LogP contribution in [-0.2, 0) is 20.0 Å². The molecule has 0 saturated carbocycles. The van der Waals surface area contributed by atoms with Gasteiger partial charge in [-0.05, 0) is 67.6 Å². The van der Waals surface area contributed by atoms with Crippen LogP contribution in [0.1, 0.15) is 17.3 Å². The molecule has 0 fully saturated rings. The molecule has 0 aliphatic carbocycles. The van der Waals surface area contributed by atoms with E-state index < -0.39 is 26.0 Å². The van der Waals surface area contributed by atoms with Gasteiger partial charge in [0.25, 0.3) is 15.9 Å². The van der Waals surface area contributed by atoms with Gasteiger partial charge >= 0.3 is 0 Å². The average molecular weight is 510 g/mol. The van der Waals surface area contributed by atoms with Gasteiger partial charge in [0.1, 0.15) is 5.75 Å². The van der Waals surface area contributed by atoms with Crippen molar-refractivity contribution in [3.05, 3.63) is 77.3 Å². The number of anilines is 2. The Kier molecular flexibility index (Phi) is 7.28. The fourth-order valence-corrected chi connectivity index (χ4v) is 4.60. The van der Waals surface area contributed by atoms with Crippen LogP contribution < -0.4 is 19.9 Å². The van der Waals surface area contributed by atoms with E-state index in [2.05, 4.69) is 10.0 Å². The molecule has 0 saturated heterocycles. The molecule has 12 heteroatoms. The zero-order valence-electron chi connectivity index (χ0n) is 17.3. The van der Waals surface area contributed by atoms with Gasteiger partial charge in [0.2, 0.25) is 10.0 Å². The monoisotopic (exact) mass is 509 g/mol. The molecule has 33 heavy (non-hydrogen) atoms.